The van der Waals surface area contributed by atoms with Crippen molar-refractivity contribution in [2.75, 3.05) is 0 Å². The van der Waals surface area contributed by atoms with Crippen LogP contribution < -0.4 is 0 Å². The van der Waals surface area contributed by atoms with E-state index in [1.807, 2.05) is 0 Å². The summed E-state index contributed by atoms with van der Waals surface area (Å²) in [6.07, 6.45) is 23.8. The summed E-state index contributed by atoms with van der Waals surface area (Å²) in [6, 6.07) is 0. The highest BCUT2D eigenvalue weighted by molar-refractivity contribution is 4.89. The molecule has 3 atom stereocenters. The van der Waals surface area contributed by atoms with Gasteiger partial charge in [0, 0.05) is 0 Å². The molecule has 3 unspecified atom stereocenters. The van der Waals surface area contributed by atoms with Gasteiger partial charge in [0.1, 0.15) is 0 Å². The molecule has 4 rings (SSSR count). The summed E-state index contributed by atoms with van der Waals surface area (Å²) in [6.45, 7) is 4.82. The molecule has 2 nitrogen and oxygen atoms in total. The van der Waals surface area contributed by atoms with Crippen LogP contribution in [0.15, 0.2) is 0 Å². The molecule has 28 heavy (non-hydrogen) atoms. The van der Waals surface area contributed by atoms with Gasteiger partial charge < -0.3 is 9.47 Å². The van der Waals surface area contributed by atoms with Crippen LogP contribution in [0.1, 0.15) is 117 Å². The molecule has 4 fully saturated rings. The van der Waals surface area contributed by atoms with E-state index in [0.717, 1.165) is 23.7 Å². The summed E-state index contributed by atoms with van der Waals surface area (Å²) < 4.78 is 13.5. The summed E-state index contributed by atoms with van der Waals surface area (Å²) in [5.74, 6) is 3.49. The van der Waals surface area contributed by atoms with Crippen LogP contribution in [0.25, 0.3) is 0 Å². The molecule has 0 N–H and O–H groups in total. The molecule has 0 aromatic carbocycles. The van der Waals surface area contributed by atoms with Crippen molar-refractivity contribution >= 4 is 0 Å². The second kappa shape index (κ2) is 10.3. The summed E-state index contributed by atoms with van der Waals surface area (Å²) >= 11 is 0. The number of hydrogen-bond donors (Lipinski definition) is 0. The van der Waals surface area contributed by atoms with Gasteiger partial charge in [0.2, 0.25) is 0 Å². The van der Waals surface area contributed by atoms with Crippen LogP contribution in [0.5, 0.6) is 0 Å². The lowest BCUT2D eigenvalue weighted by atomic mass is 9.71. The topological polar surface area (TPSA) is 18.5 Å². The zero-order chi connectivity index (χ0) is 19.3. The van der Waals surface area contributed by atoms with Crippen LogP contribution in [0.3, 0.4) is 0 Å². The van der Waals surface area contributed by atoms with Crippen molar-refractivity contribution in [2.45, 2.75) is 141 Å². The molecule has 0 radical (unpaired) electrons. The Kier molecular flexibility index (Phi) is 7.78. The third-order valence-corrected chi connectivity index (χ3v) is 8.72. The summed E-state index contributed by atoms with van der Waals surface area (Å²) in [5.41, 5.74) is 0. The Morgan fingerprint density at radius 3 is 1.64 bits per heavy atom. The zero-order valence-electron chi connectivity index (χ0n) is 18.7. The van der Waals surface area contributed by atoms with Crippen molar-refractivity contribution in [1.82, 2.24) is 0 Å². The fourth-order valence-electron chi connectivity index (χ4n) is 6.74. The molecule has 0 amide bonds. The second-order valence-corrected chi connectivity index (χ2v) is 11.1. The fraction of sp³-hybridized carbons (Fsp3) is 1.00. The summed E-state index contributed by atoms with van der Waals surface area (Å²) in [4.78, 5) is 0. The van der Waals surface area contributed by atoms with E-state index in [4.69, 9.17) is 9.47 Å². The predicted molar refractivity (Wildman–Crippen MR) is 117 cm³/mol. The minimum absolute atomic E-state index is 0.511. The molecule has 0 aliphatic heterocycles. The van der Waals surface area contributed by atoms with Gasteiger partial charge in [-0.25, -0.2) is 0 Å². The molecular weight excluding hydrogens is 344 g/mol. The molecule has 0 saturated heterocycles. The SMILES string of the molecule is CC1CCC(OC2CCC(OC3CCC(C)CC3)C(C3CCCCC3)C2)CC1. The van der Waals surface area contributed by atoms with Crippen molar-refractivity contribution in [3.8, 4) is 0 Å². The molecule has 0 spiro atoms. The summed E-state index contributed by atoms with van der Waals surface area (Å²) in [7, 11) is 0. The molecule has 0 aromatic rings. The highest BCUT2D eigenvalue weighted by Gasteiger charge is 2.39. The first kappa shape index (κ1) is 21.2. The van der Waals surface area contributed by atoms with Crippen molar-refractivity contribution in [3.63, 3.8) is 0 Å². The van der Waals surface area contributed by atoms with Gasteiger partial charge in [-0.3, -0.25) is 0 Å². The van der Waals surface area contributed by atoms with Gasteiger partial charge in [0.05, 0.1) is 24.4 Å². The third-order valence-electron chi connectivity index (χ3n) is 8.72. The Morgan fingerprint density at radius 1 is 0.500 bits per heavy atom. The lowest BCUT2D eigenvalue weighted by Gasteiger charge is -2.44. The molecule has 162 valence electrons. The predicted octanol–water partition coefficient (Wildman–Crippen LogP) is 7.29. The Labute approximate surface area is 174 Å². The van der Waals surface area contributed by atoms with Crippen LogP contribution in [0.4, 0.5) is 0 Å². The maximum atomic E-state index is 6.84. The first-order valence-electron chi connectivity index (χ1n) is 13.0. The Morgan fingerprint density at radius 2 is 1.04 bits per heavy atom. The molecule has 0 aromatic heterocycles. The van der Waals surface area contributed by atoms with Gasteiger partial charge in [-0.15, -0.1) is 0 Å². The first-order chi connectivity index (χ1) is 13.7. The maximum Gasteiger partial charge on any atom is 0.0611 e. The third kappa shape index (κ3) is 5.75. The Hall–Kier alpha value is -0.0800. The van der Waals surface area contributed by atoms with Crippen LogP contribution in [-0.4, -0.2) is 24.4 Å². The van der Waals surface area contributed by atoms with Crippen LogP contribution in [-0.2, 0) is 9.47 Å². The van der Waals surface area contributed by atoms with Gasteiger partial charge in [0.15, 0.2) is 0 Å². The van der Waals surface area contributed by atoms with Crippen LogP contribution >= 0.6 is 0 Å². The van der Waals surface area contributed by atoms with E-state index in [9.17, 15) is 0 Å². The maximum absolute atomic E-state index is 6.84. The highest BCUT2D eigenvalue weighted by atomic mass is 16.5. The smallest absolute Gasteiger partial charge is 0.0611 e. The van der Waals surface area contributed by atoms with E-state index in [1.165, 1.54) is 103 Å². The van der Waals surface area contributed by atoms with Crippen molar-refractivity contribution in [2.24, 2.45) is 23.7 Å². The quantitative estimate of drug-likeness (QED) is 0.490. The summed E-state index contributed by atoms with van der Waals surface area (Å²) in [5, 5.41) is 0. The number of ether oxygens (including phenoxy) is 2. The van der Waals surface area contributed by atoms with Gasteiger partial charge in [-0.05, 0) is 94.3 Å². The molecule has 0 heterocycles. The number of hydrogen-bond acceptors (Lipinski definition) is 2. The lowest BCUT2D eigenvalue weighted by molar-refractivity contribution is -0.132. The Balaban J connectivity index is 1.34. The van der Waals surface area contributed by atoms with Crippen molar-refractivity contribution in [1.29, 1.82) is 0 Å². The largest absolute Gasteiger partial charge is 0.375 e. The standard InChI is InChI=1S/C26H46O2/c1-19-8-12-22(13-9-19)27-24-16-17-26(28-23-14-10-20(2)11-15-23)25(18-24)21-6-4-3-5-7-21/h19-26H,3-18H2,1-2H3. The van der Waals surface area contributed by atoms with Crippen molar-refractivity contribution < 1.29 is 9.47 Å². The van der Waals surface area contributed by atoms with Gasteiger partial charge in [-0.1, -0.05) is 46.0 Å². The zero-order valence-corrected chi connectivity index (χ0v) is 18.7. The van der Waals surface area contributed by atoms with E-state index in [-0.39, 0.29) is 0 Å². The molecule has 4 aliphatic rings. The second-order valence-electron chi connectivity index (χ2n) is 11.1. The van der Waals surface area contributed by atoms with E-state index < -0.39 is 0 Å². The molecule has 4 saturated carbocycles. The average molecular weight is 391 g/mol. The van der Waals surface area contributed by atoms with E-state index in [0.29, 0.717) is 24.4 Å². The highest BCUT2D eigenvalue weighted by Crippen LogP contribution is 2.42. The van der Waals surface area contributed by atoms with E-state index >= 15 is 0 Å². The van der Waals surface area contributed by atoms with Crippen LogP contribution in [0, 0.1) is 23.7 Å². The minimum atomic E-state index is 0.511. The normalized spacial score (nSPS) is 43.7. The molecule has 0 bridgehead atoms. The van der Waals surface area contributed by atoms with Gasteiger partial charge in [0.25, 0.3) is 0 Å². The molecule has 4 aliphatic carbocycles. The van der Waals surface area contributed by atoms with Crippen LogP contribution in [0.2, 0.25) is 0 Å². The van der Waals surface area contributed by atoms with E-state index in [1.54, 1.807) is 0 Å². The first-order valence-corrected chi connectivity index (χ1v) is 13.0. The van der Waals surface area contributed by atoms with E-state index in [2.05, 4.69) is 13.8 Å². The Bertz CT molecular complexity index is 441. The average Bonchev–Trinajstić information content (AvgIpc) is 2.73. The van der Waals surface area contributed by atoms with Gasteiger partial charge >= 0.3 is 0 Å². The van der Waals surface area contributed by atoms with Crippen molar-refractivity contribution in [3.05, 3.63) is 0 Å². The molecular formula is C26H46O2. The molecule has 2 heteroatoms. The fourth-order valence-corrected chi connectivity index (χ4v) is 6.74. The number of rotatable bonds is 5. The monoisotopic (exact) mass is 390 g/mol. The van der Waals surface area contributed by atoms with Gasteiger partial charge in [-0.2, -0.15) is 0 Å². The minimum Gasteiger partial charge on any atom is -0.375 e. The lowest BCUT2D eigenvalue weighted by Crippen LogP contribution is -2.43.